The molecule has 22 heavy (non-hydrogen) atoms. The maximum atomic E-state index is 12.4. The van der Waals surface area contributed by atoms with Gasteiger partial charge in [-0.05, 0) is 17.7 Å². The van der Waals surface area contributed by atoms with Crippen LogP contribution in [0, 0.1) is 0 Å². The average molecular weight is 338 g/mol. The first-order chi connectivity index (χ1) is 10.4. The monoisotopic (exact) mass is 337 g/mol. The zero-order valence-electron chi connectivity index (χ0n) is 11.3. The number of nitrogens with zero attached hydrogens (tertiary/aromatic N) is 2. The Labute approximate surface area is 133 Å². The van der Waals surface area contributed by atoms with E-state index in [2.05, 4.69) is 5.10 Å². The number of primary amides is 1. The van der Waals surface area contributed by atoms with Crippen LogP contribution in [-0.2, 0) is 10.0 Å². The van der Waals surface area contributed by atoms with Crippen LogP contribution in [-0.4, -0.2) is 24.5 Å². The zero-order chi connectivity index (χ0) is 16.2. The lowest BCUT2D eigenvalue weighted by Gasteiger charge is -2.12. The molecule has 0 aromatic heterocycles. The first kappa shape index (κ1) is 16.0. The van der Waals surface area contributed by atoms with Crippen LogP contribution in [0.3, 0.4) is 0 Å². The number of hydrogen-bond donors (Lipinski definition) is 1. The Hall–Kier alpha value is -2.38. The van der Waals surface area contributed by atoms with Crippen molar-refractivity contribution in [3.8, 4) is 0 Å². The fraction of sp³-hybridized carbons (Fsp3) is 0. The van der Waals surface area contributed by atoms with Crippen LogP contribution < -0.4 is 5.73 Å². The Morgan fingerprint density at radius 3 is 2.32 bits per heavy atom. The SMILES string of the molecule is NC(=O)c1ccccc1S(=O)(=O)N(Cl)/N=C/c1ccccc1. The highest BCUT2D eigenvalue weighted by Crippen LogP contribution is 2.21. The van der Waals surface area contributed by atoms with Crippen LogP contribution in [0.25, 0.3) is 0 Å². The fourth-order valence-corrected chi connectivity index (χ4v) is 2.99. The van der Waals surface area contributed by atoms with Crippen molar-refractivity contribution >= 4 is 33.9 Å². The van der Waals surface area contributed by atoms with Gasteiger partial charge in [-0.3, -0.25) is 4.79 Å². The molecule has 0 spiro atoms. The Balaban J connectivity index is 2.35. The molecular weight excluding hydrogens is 326 g/mol. The minimum atomic E-state index is -4.18. The summed E-state index contributed by atoms with van der Waals surface area (Å²) in [4.78, 5) is 11.0. The van der Waals surface area contributed by atoms with Gasteiger partial charge in [-0.1, -0.05) is 46.4 Å². The van der Waals surface area contributed by atoms with E-state index in [1.807, 2.05) is 6.07 Å². The second-order valence-electron chi connectivity index (χ2n) is 4.22. The van der Waals surface area contributed by atoms with E-state index in [0.717, 1.165) is 0 Å². The predicted molar refractivity (Wildman–Crippen MR) is 83.9 cm³/mol. The smallest absolute Gasteiger partial charge is 0.294 e. The average Bonchev–Trinajstić information content (AvgIpc) is 2.53. The minimum Gasteiger partial charge on any atom is -0.366 e. The first-order valence-corrected chi connectivity index (χ1v) is 7.89. The summed E-state index contributed by atoms with van der Waals surface area (Å²) in [5.41, 5.74) is 5.70. The Kier molecular flexibility index (Phi) is 4.79. The van der Waals surface area contributed by atoms with Gasteiger partial charge in [0, 0.05) is 0 Å². The zero-order valence-corrected chi connectivity index (χ0v) is 12.8. The van der Waals surface area contributed by atoms with Gasteiger partial charge in [0.25, 0.3) is 10.0 Å². The summed E-state index contributed by atoms with van der Waals surface area (Å²) in [5.74, 6) is -0.865. The molecule has 2 N–H and O–H groups in total. The lowest BCUT2D eigenvalue weighted by atomic mass is 10.2. The van der Waals surface area contributed by atoms with E-state index >= 15 is 0 Å². The molecule has 2 rings (SSSR count). The Morgan fingerprint density at radius 1 is 1.09 bits per heavy atom. The Bertz CT molecular complexity index is 807. The van der Waals surface area contributed by atoms with Gasteiger partial charge in [-0.15, -0.1) is 0 Å². The summed E-state index contributed by atoms with van der Waals surface area (Å²) in [7, 11) is -4.18. The molecule has 0 aliphatic heterocycles. The second-order valence-corrected chi connectivity index (χ2v) is 6.47. The number of sulfonamides is 1. The van der Waals surface area contributed by atoms with Crippen LogP contribution in [0.4, 0.5) is 0 Å². The summed E-state index contributed by atoms with van der Waals surface area (Å²) in [5, 5.41) is 3.68. The molecule has 0 radical (unpaired) electrons. The molecule has 0 unspecified atom stereocenters. The van der Waals surface area contributed by atoms with Gasteiger partial charge >= 0.3 is 0 Å². The van der Waals surface area contributed by atoms with Crippen molar-refractivity contribution in [2.75, 3.05) is 0 Å². The van der Waals surface area contributed by atoms with Crippen LogP contribution >= 0.6 is 11.8 Å². The van der Waals surface area contributed by atoms with Crippen molar-refractivity contribution < 1.29 is 13.2 Å². The van der Waals surface area contributed by atoms with Gasteiger partial charge in [0.05, 0.1) is 23.6 Å². The summed E-state index contributed by atoms with van der Waals surface area (Å²) < 4.78 is 25.0. The molecule has 6 nitrogen and oxygen atoms in total. The van der Waals surface area contributed by atoms with Crippen molar-refractivity contribution in [3.05, 3.63) is 65.7 Å². The summed E-state index contributed by atoms with van der Waals surface area (Å²) in [6.07, 6.45) is 1.29. The van der Waals surface area contributed by atoms with Crippen molar-refractivity contribution in [2.45, 2.75) is 4.90 Å². The Morgan fingerprint density at radius 2 is 1.68 bits per heavy atom. The normalized spacial score (nSPS) is 11.5. The minimum absolute atomic E-state index is 0.150. The molecule has 0 bridgehead atoms. The molecule has 1 amide bonds. The number of hydrazone groups is 1. The van der Waals surface area contributed by atoms with Crippen LogP contribution in [0.2, 0.25) is 0 Å². The van der Waals surface area contributed by atoms with E-state index in [9.17, 15) is 13.2 Å². The molecule has 114 valence electrons. The van der Waals surface area contributed by atoms with Gasteiger partial charge in [-0.2, -0.15) is 13.5 Å². The molecule has 0 aliphatic rings. The number of halogens is 1. The van der Waals surface area contributed by atoms with Crippen molar-refractivity contribution in [1.29, 1.82) is 0 Å². The van der Waals surface area contributed by atoms with Crippen LogP contribution in [0.1, 0.15) is 15.9 Å². The molecular formula is C14H12ClN3O3S. The van der Waals surface area contributed by atoms with E-state index in [4.69, 9.17) is 17.5 Å². The van der Waals surface area contributed by atoms with E-state index in [-0.39, 0.29) is 14.4 Å². The van der Waals surface area contributed by atoms with Gasteiger partial charge in [0.2, 0.25) is 5.91 Å². The fourth-order valence-electron chi connectivity index (χ4n) is 1.69. The third kappa shape index (κ3) is 3.44. The number of carbonyl (C=O) groups is 1. The summed E-state index contributed by atoms with van der Waals surface area (Å²) in [6, 6.07) is 14.3. The van der Waals surface area contributed by atoms with Crippen molar-refractivity contribution in [1.82, 2.24) is 3.93 Å². The van der Waals surface area contributed by atoms with Crippen molar-refractivity contribution in [2.24, 2.45) is 10.8 Å². The second kappa shape index (κ2) is 6.59. The third-order valence-corrected chi connectivity index (χ3v) is 4.76. The van der Waals surface area contributed by atoms with Crippen molar-refractivity contribution in [3.63, 3.8) is 0 Å². The lowest BCUT2D eigenvalue weighted by Crippen LogP contribution is -2.22. The predicted octanol–water partition coefficient (Wildman–Crippen LogP) is 1.96. The largest absolute Gasteiger partial charge is 0.366 e. The highest BCUT2D eigenvalue weighted by Gasteiger charge is 2.26. The summed E-state index contributed by atoms with van der Waals surface area (Å²) in [6.45, 7) is 0. The number of amides is 1. The van der Waals surface area contributed by atoms with Crippen LogP contribution in [0.5, 0.6) is 0 Å². The molecule has 8 heteroatoms. The van der Waals surface area contributed by atoms with Gasteiger partial charge in [0.15, 0.2) is 0 Å². The number of benzene rings is 2. The van der Waals surface area contributed by atoms with E-state index in [1.165, 1.54) is 30.5 Å². The van der Waals surface area contributed by atoms with E-state index in [1.54, 1.807) is 24.3 Å². The number of hydrogen-bond acceptors (Lipinski definition) is 4. The topological polar surface area (TPSA) is 92.8 Å². The van der Waals surface area contributed by atoms with Gasteiger partial charge < -0.3 is 5.73 Å². The molecule has 0 atom stereocenters. The maximum absolute atomic E-state index is 12.4. The molecule has 0 aliphatic carbocycles. The quantitative estimate of drug-likeness (QED) is 0.513. The molecule has 2 aromatic rings. The molecule has 0 saturated heterocycles. The highest BCUT2D eigenvalue weighted by atomic mass is 35.5. The third-order valence-electron chi connectivity index (χ3n) is 2.73. The highest BCUT2D eigenvalue weighted by molar-refractivity contribution is 7.90. The molecule has 0 saturated carbocycles. The number of rotatable bonds is 5. The molecule has 0 fully saturated rings. The maximum Gasteiger partial charge on any atom is 0.294 e. The first-order valence-electron chi connectivity index (χ1n) is 6.12. The van der Waals surface area contributed by atoms with Gasteiger partial charge in [-0.25, -0.2) is 0 Å². The standard InChI is InChI=1S/C14H12ClN3O3S/c15-18(17-10-11-6-2-1-3-7-11)22(20,21)13-9-5-4-8-12(13)14(16)19/h1-10H,(H2,16,19)/b17-10+. The summed E-state index contributed by atoms with van der Waals surface area (Å²) >= 11 is 5.73. The molecule has 0 heterocycles. The number of nitrogens with two attached hydrogens (primary N) is 1. The number of carbonyl (C=O) groups excluding carboxylic acids is 1. The molecule has 2 aromatic carbocycles. The van der Waals surface area contributed by atoms with Crippen LogP contribution in [0.15, 0.2) is 64.6 Å². The van der Waals surface area contributed by atoms with E-state index < -0.39 is 15.9 Å². The van der Waals surface area contributed by atoms with E-state index in [0.29, 0.717) is 5.56 Å². The lowest BCUT2D eigenvalue weighted by molar-refractivity contribution is 0.0997. The van der Waals surface area contributed by atoms with Gasteiger partial charge in [0.1, 0.15) is 4.90 Å².